The lowest BCUT2D eigenvalue weighted by Gasteiger charge is -2.26. The Labute approximate surface area is 132 Å². The summed E-state index contributed by atoms with van der Waals surface area (Å²) in [6.45, 7) is 8.38. The van der Waals surface area contributed by atoms with Crippen LogP contribution in [0.1, 0.15) is 57.3 Å². The first-order chi connectivity index (χ1) is 10.3. The molecule has 5 nitrogen and oxygen atoms in total. The van der Waals surface area contributed by atoms with Crippen LogP contribution in [0.3, 0.4) is 0 Å². The zero-order chi connectivity index (χ0) is 16.3. The maximum absolute atomic E-state index is 12.6. The Balaban J connectivity index is 2.06. The van der Waals surface area contributed by atoms with Crippen LogP contribution in [-0.4, -0.2) is 45.2 Å². The van der Waals surface area contributed by atoms with Crippen LogP contribution in [-0.2, 0) is 0 Å². The summed E-state index contributed by atoms with van der Waals surface area (Å²) in [4.78, 5) is 18.7. The molecule has 2 rings (SSSR count). The third-order valence-corrected chi connectivity index (χ3v) is 3.65. The third kappa shape index (κ3) is 4.44. The second kappa shape index (κ2) is 6.65. The van der Waals surface area contributed by atoms with Crippen molar-refractivity contribution < 1.29 is 14.6 Å². The van der Waals surface area contributed by atoms with Gasteiger partial charge in [0.25, 0.3) is 5.91 Å². The number of ether oxygens (including phenoxy) is 1. The van der Waals surface area contributed by atoms with E-state index in [-0.39, 0.29) is 23.7 Å². The monoisotopic (exact) mass is 306 g/mol. The highest BCUT2D eigenvalue weighted by atomic mass is 16.5. The molecule has 1 aliphatic heterocycles. The van der Waals surface area contributed by atoms with Crippen molar-refractivity contribution in [1.82, 2.24) is 9.88 Å². The molecule has 1 amide bonds. The lowest BCUT2D eigenvalue weighted by molar-refractivity contribution is 0.0681. The van der Waals surface area contributed by atoms with Gasteiger partial charge in [0.05, 0.1) is 11.7 Å². The molecular formula is C17H26N2O3. The minimum absolute atomic E-state index is 0.0158. The zero-order valence-corrected chi connectivity index (χ0v) is 13.9. The number of aromatic nitrogens is 1. The molecule has 2 unspecified atom stereocenters. The minimum Gasteiger partial charge on any atom is -0.472 e. The van der Waals surface area contributed by atoms with Crippen LogP contribution >= 0.6 is 0 Å². The summed E-state index contributed by atoms with van der Waals surface area (Å²) in [7, 11) is 0. The average Bonchev–Trinajstić information content (AvgIpc) is 2.84. The van der Waals surface area contributed by atoms with Crippen molar-refractivity contribution in [3.05, 3.63) is 23.9 Å². The van der Waals surface area contributed by atoms with Gasteiger partial charge in [0, 0.05) is 24.8 Å². The molecule has 0 bridgehead atoms. The molecule has 0 spiro atoms. The number of aliphatic hydroxyl groups excluding tert-OH is 1. The fourth-order valence-electron chi connectivity index (χ4n) is 2.79. The smallest absolute Gasteiger partial charge is 0.255 e. The first kappa shape index (κ1) is 16.7. The van der Waals surface area contributed by atoms with E-state index in [1.165, 1.54) is 0 Å². The Kier molecular flexibility index (Phi) is 5.06. The lowest BCUT2D eigenvalue weighted by atomic mass is 10.1. The Hall–Kier alpha value is -1.62. The maximum atomic E-state index is 12.6. The van der Waals surface area contributed by atoms with E-state index in [2.05, 4.69) is 4.98 Å². The summed E-state index contributed by atoms with van der Waals surface area (Å²) in [5, 5.41) is 9.56. The van der Waals surface area contributed by atoms with Crippen molar-refractivity contribution in [1.29, 1.82) is 0 Å². The molecule has 1 fully saturated rings. The molecule has 0 saturated carbocycles. The normalized spacial score (nSPS) is 20.0. The first-order valence-electron chi connectivity index (χ1n) is 7.90. The number of hydrogen-bond donors (Lipinski definition) is 1. The summed E-state index contributed by atoms with van der Waals surface area (Å²) < 4.78 is 5.67. The quantitative estimate of drug-likeness (QED) is 0.929. The summed E-state index contributed by atoms with van der Waals surface area (Å²) in [6, 6.07) is 3.62. The van der Waals surface area contributed by atoms with Crippen LogP contribution in [0.15, 0.2) is 18.3 Å². The van der Waals surface area contributed by atoms with Crippen molar-refractivity contribution in [2.75, 3.05) is 6.54 Å². The van der Waals surface area contributed by atoms with E-state index < -0.39 is 0 Å². The topological polar surface area (TPSA) is 62.7 Å². The SMILES string of the molecule is CC(O)CC1CCCN1C(=O)c1ccc(OC(C)(C)C)nc1. The average molecular weight is 306 g/mol. The van der Waals surface area contributed by atoms with E-state index in [1.54, 1.807) is 25.3 Å². The van der Waals surface area contributed by atoms with Crippen LogP contribution in [0.2, 0.25) is 0 Å². The molecule has 1 aromatic rings. The minimum atomic E-state index is -0.390. The first-order valence-corrected chi connectivity index (χ1v) is 7.90. The largest absolute Gasteiger partial charge is 0.472 e. The fourth-order valence-corrected chi connectivity index (χ4v) is 2.79. The summed E-state index contributed by atoms with van der Waals surface area (Å²) in [5.74, 6) is 0.504. The highest BCUT2D eigenvalue weighted by molar-refractivity contribution is 5.94. The Bertz CT molecular complexity index is 506. The molecule has 0 aliphatic carbocycles. The predicted octanol–water partition coefficient (Wildman–Crippen LogP) is 2.63. The van der Waals surface area contributed by atoms with Gasteiger partial charge in [-0.3, -0.25) is 4.79 Å². The van der Waals surface area contributed by atoms with Crippen molar-refractivity contribution in [3.63, 3.8) is 0 Å². The molecule has 2 atom stereocenters. The van der Waals surface area contributed by atoms with Gasteiger partial charge in [-0.2, -0.15) is 0 Å². The Morgan fingerprint density at radius 1 is 1.50 bits per heavy atom. The van der Waals surface area contributed by atoms with Crippen molar-refractivity contribution in [3.8, 4) is 5.88 Å². The Morgan fingerprint density at radius 2 is 2.23 bits per heavy atom. The van der Waals surface area contributed by atoms with E-state index in [1.807, 2.05) is 25.7 Å². The molecule has 1 aliphatic rings. The fraction of sp³-hybridized carbons (Fsp3) is 0.647. The Morgan fingerprint density at radius 3 is 2.77 bits per heavy atom. The number of likely N-dealkylation sites (tertiary alicyclic amines) is 1. The van der Waals surface area contributed by atoms with Gasteiger partial charge >= 0.3 is 0 Å². The van der Waals surface area contributed by atoms with Crippen LogP contribution < -0.4 is 4.74 Å². The van der Waals surface area contributed by atoms with E-state index in [0.717, 1.165) is 19.4 Å². The zero-order valence-electron chi connectivity index (χ0n) is 13.9. The molecular weight excluding hydrogens is 280 g/mol. The van der Waals surface area contributed by atoms with Crippen LogP contribution in [0.25, 0.3) is 0 Å². The van der Waals surface area contributed by atoms with E-state index >= 15 is 0 Å². The number of aliphatic hydroxyl groups is 1. The highest BCUT2D eigenvalue weighted by Crippen LogP contribution is 2.24. The van der Waals surface area contributed by atoms with Gasteiger partial charge in [0.15, 0.2) is 0 Å². The van der Waals surface area contributed by atoms with Gasteiger partial charge < -0.3 is 14.7 Å². The van der Waals surface area contributed by atoms with Crippen LogP contribution in [0, 0.1) is 0 Å². The number of hydrogen-bond acceptors (Lipinski definition) is 4. The van der Waals surface area contributed by atoms with Gasteiger partial charge in [-0.25, -0.2) is 4.98 Å². The standard InChI is InChI=1S/C17H26N2O3/c1-12(20)10-14-6-5-9-19(14)16(21)13-7-8-15(18-11-13)22-17(2,3)4/h7-8,11-12,14,20H,5-6,9-10H2,1-4H3. The van der Waals surface area contributed by atoms with E-state index in [9.17, 15) is 9.90 Å². The molecule has 122 valence electrons. The molecule has 0 aromatic carbocycles. The molecule has 1 N–H and O–H groups in total. The number of carbonyl (C=O) groups is 1. The van der Waals surface area contributed by atoms with E-state index in [4.69, 9.17) is 4.74 Å². The second-order valence-electron chi connectivity index (χ2n) is 6.98. The molecule has 5 heteroatoms. The number of nitrogens with zero attached hydrogens (tertiary/aromatic N) is 2. The molecule has 22 heavy (non-hydrogen) atoms. The van der Waals surface area contributed by atoms with E-state index in [0.29, 0.717) is 17.9 Å². The third-order valence-electron chi connectivity index (χ3n) is 3.65. The van der Waals surface area contributed by atoms with Crippen LogP contribution in [0.4, 0.5) is 0 Å². The van der Waals surface area contributed by atoms with Gasteiger partial charge in [-0.1, -0.05) is 0 Å². The van der Waals surface area contributed by atoms with Crippen molar-refractivity contribution >= 4 is 5.91 Å². The lowest BCUT2D eigenvalue weighted by Crippen LogP contribution is -2.37. The molecule has 2 heterocycles. The summed E-state index contributed by atoms with van der Waals surface area (Å²) >= 11 is 0. The molecule has 0 radical (unpaired) electrons. The molecule has 1 saturated heterocycles. The number of carbonyl (C=O) groups excluding carboxylic acids is 1. The van der Waals surface area contributed by atoms with Crippen molar-refractivity contribution in [2.24, 2.45) is 0 Å². The maximum Gasteiger partial charge on any atom is 0.255 e. The number of rotatable bonds is 4. The second-order valence-corrected chi connectivity index (χ2v) is 6.98. The van der Waals surface area contributed by atoms with Gasteiger partial charge in [0.2, 0.25) is 5.88 Å². The highest BCUT2D eigenvalue weighted by Gasteiger charge is 2.30. The number of amides is 1. The molecule has 1 aromatic heterocycles. The van der Waals surface area contributed by atoms with Gasteiger partial charge in [-0.15, -0.1) is 0 Å². The van der Waals surface area contributed by atoms with Crippen LogP contribution in [0.5, 0.6) is 5.88 Å². The van der Waals surface area contributed by atoms with Crippen molar-refractivity contribution in [2.45, 2.75) is 64.7 Å². The number of pyridine rings is 1. The predicted molar refractivity (Wildman–Crippen MR) is 85.0 cm³/mol. The summed E-state index contributed by atoms with van der Waals surface area (Å²) in [6.07, 6.45) is 3.75. The summed E-state index contributed by atoms with van der Waals surface area (Å²) in [5.41, 5.74) is 0.259. The van der Waals surface area contributed by atoms with Gasteiger partial charge in [0.1, 0.15) is 5.60 Å². The van der Waals surface area contributed by atoms with Gasteiger partial charge in [-0.05, 0) is 53.0 Å².